The van der Waals surface area contributed by atoms with Crippen LogP contribution in [0, 0.1) is 0 Å². The lowest BCUT2D eigenvalue weighted by Crippen LogP contribution is -2.46. The maximum absolute atomic E-state index is 6.13. The summed E-state index contributed by atoms with van der Waals surface area (Å²) in [7, 11) is 4.21. The van der Waals surface area contributed by atoms with Crippen LogP contribution in [-0.4, -0.2) is 32.5 Å². The maximum Gasteiger partial charge on any atom is 0.229 e. The van der Waals surface area contributed by atoms with Gasteiger partial charge in [0.15, 0.2) is 5.76 Å². The van der Waals surface area contributed by atoms with Gasteiger partial charge in [-0.15, -0.1) is 11.6 Å². The van der Waals surface area contributed by atoms with Gasteiger partial charge in [-0.1, -0.05) is 34.8 Å². The van der Waals surface area contributed by atoms with Crippen molar-refractivity contribution in [3.8, 4) is 0 Å². The molecule has 0 aromatic heterocycles. The molecule has 3 nitrogen and oxygen atoms in total. The molecule has 0 saturated heterocycles. The van der Waals surface area contributed by atoms with E-state index in [1.165, 1.54) is 21.3 Å². The summed E-state index contributed by atoms with van der Waals surface area (Å²) in [6, 6.07) is 0. The summed E-state index contributed by atoms with van der Waals surface area (Å²) >= 11 is 24.2. The summed E-state index contributed by atoms with van der Waals surface area (Å²) in [5.74, 6) is -1.17. The predicted octanol–water partition coefficient (Wildman–Crippen LogP) is 3.38. The number of ether oxygens (including phenoxy) is 3. The third kappa shape index (κ3) is 1.94. The Morgan fingerprint density at radius 2 is 1.56 bits per heavy atom. The Labute approximate surface area is 114 Å². The minimum Gasteiger partial charge on any atom is -0.494 e. The monoisotopic (exact) mass is 306 g/mol. The summed E-state index contributed by atoms with van der Waals surface area (Å²) in [4.78, 5) is 0. The van der Waals surface area contributed by atoms with Crippen LogP contribution in [0.3, 0.4) is 0 Å². The average molecular weight is 308 g/mol. The van der Waals surface area contributed by atoms with Crippen molar-refractivity contribution in [3.63, 3.8) is 0 Å². The summed E-state index contributed by atoms with van der Waals surface area (Å²) in [5.41, 5.74) is 0. The number of hydrogen-bond acceptors (Lipinski definition) is 3. The van der Waals surface area contributed by atoms with Gasteiger partial charge in [-0.25, -0.2) is 0 Å². The van der Waals surface area contributed by atoms with Gasteiger partial charge in [-0.2, -0.15) is 0 Å². The molecule has 0 saturated carbocycles. The molecular weight excluding hydrogens is 298 g/mol. The number of methoxy groups -OCH3 is 3. The normalized spacial score (nSPS) is 25.1. The van der Waals surface area contributed by atoms with Gasteiger partial charge in [0, 0.05) is 14.2 Å². The van der Waals surface area contributed by atoms with Crippen molar-refractivity contribution in [2.24, 2.45) is 0 Å². The summed E-state index contributed by atoms with van der Waals surface area (Å²) in [6.45, 7) is 0. The van der Waals surface area contributed by atoms with Gasteiger partial charge < -0.3 is 14.2 Å². The average Bonchev–Trinajstić information content (AvgIpc) is 2.29. The zero-order valence-electron chi connectivity index (χ0n) is 8.81. The number of alkyl halides is 1. The first kappa shape index (κ1) is 14.4. The van der Waals surface area contributed by atoms with E-state index >= 15 is 0 Å². The van der Waals surface area contributed by atoms with E-state index < -0.39 is 11.2 Å². The van der Waals surface area contributed by atoms with Gasteiger partial charge in [-0.05, 0) is 0 Å². The van der Waals surface area contributed by atoms with Crippen molar-refractivity contribution in [1.29, 1.82) is 0 Å². The third-order valence-corrected chi connectivity index (χ3v) is 4.20. The zero-order chi connectivity index (χ0) is 12.5. The second kappa shape index (κ2) is 5.34. The van der Waals surface area contributed by atoms with Crippen molar-refractivity contribution in [3.05, 3.63) is 20.9 Å². The summed E-state index contributed by atoms with van der Waals surface area (Å²) in [6.07, 6.45) is 0. The number of hydrogen-bond donors (Lipinski definition) is 0. The standard InChI is InChI=1S/C9H10Cl4O3/c1-14-6-4(10)7(12)9(15-2,16-3)8(13)5(6)11/h7H,1-3H3. The van der Waals surface area contributed by atoms with Crippen LogP contribution in [-0.2, 0) is 14.2 Å². The summed E-state index contributed by atoms with van der Waals surface area (Å²) < 4.78 is 15.4. The fourth-order valence-electron chi connectivity index (χ4n) is 1.41. The molecule has 0 amide bonds. The highest BCUT2D eigenvalue weighted by atomic mass is 35.5. The Kier molecular flexibility index (Phi) is 4.81. The summed E-state index contributed by atoms with van der Waals surface area (Å²) in [5, 5.41) is -0.438. The van der Waals surface area contributed by atoms with E-state index in [-0.39, 0.29) is 20.9 Å². The van der Waals surface area contributed by atoms with Crippen LogP contribution in [0.4, 0.5) is 0 Å². The molecule has 0 N–H and O–H groups in total. The Bertz CT molecular complexity index is 347. The van der Waals surface area contributed by atoms with Gasteiger partial charge in [0.05, 0.1) is 12.1 Å². The highest BCUT2D eigenvalue weighted by molar-refractivity contribution is 6.46. The number of rotatable bonds is 3. The van der Waals surface area contributed by atoms with E-state index in [0.29, 0.717) is 0 Å². The molecule has 0 aliphatic heterocycles. The van der Waals surface area contributed by atoms with E-state index in [1.807, 2.05) is 0 Å². The molecule has 1 atom stereocenters. The van der Waals surface area contributed by atoms with Crippen molar-refractivity contribution < 1.29 is 14.2 Å². The fraction of sp³-hybridized carbons (Fsp3) is 0.556. The number of halogens is 4. The molecule has 1 rings (SSSR count). The SMILES string of the molecule is COC1=C(Cl)C(Cl)C(OC)(OC)C(Cl)=C1Cl. The molecule has 1 aliphatic rings. The minimum atomic E-state index is -1.39. The van der Waals surface area contributed by atoms with Crippen LogP contribution in [0.5, 0.6) is 0 Å². The van der Waals surface area contributed by atoms with Crippen LogP contribution >= 0.6 is 46.4 Å². The molecule has 7 heteroatoms. The van der Waals surface area contributed by atoms with E-state index in [2.05, 4.69) is 0 Å². The Hall–Kier alpha value is 0.360. The fourth-order valence-corrected chi connectivity index (χ4v) is 2.87. The third-order valence-electron chi connectivity index (χ3n) is 2.28. The molecule has 1 aliphatic carbocycles. The smallest absolute Gasteiger partial charge is 0.229 e. The van der Waals surface area contributed by atoms with Crippen LogP contribution in [0.15, 0.2) is 20.9 Å². The zero-order valence-corrected chi connectivity index (χ0v) is 11.8. The van der Waals surface area contributed by atoms with Crippen molar-refractivity contribution in [1.82, 2.24) is 0 Å². The van der Waals surface area contributed by atoms with Gasteiger partial charge in [0.25, 0.3) is 0 Å². The van der Waals surface area contributed by atoms with Crippen LogP contribution in [0.1, 0.15) is 0 Å². The molecule has 0 spiro atoms. The predicted molar refractivity (Wildman–Crippen MR) is 65.0 cm³/mol. The first-order chi connectivity index (χ1) is 7.46. The molecule has 16 heavy (non-hydrogen) atoms. The van der Waals surface area contributed by atoms with Gasteiger partial charge in [-0.3, -0.25) is 0 Å². The van der Waals surface area contributed by atoms with Gasteiger partial charge in [0.1, 0.15) is 15.4 Å². The first-order valence-corrected chi connectivity index (χ1v) is 5.77. The maximum atomic E-state index is 6.13. The van der Waals surface area contributed by atoms with Gasteiger partial charge >= 0.3 is 0 Å². The quantitative estimate of drug-likeness (QED) is 0.591. The Morgan fingerprint density at radius 3 is 1.94 bits per heavy atom. The largest absolute Gasteiger partial charge is 0.494 e. The van der Waals surface area contributed by atoms with Crippen molar-refractivity contribution in [2.75, 3.05) is 21.3 Å². The van der Waals surface area contributed by atoms with Gasteiger partial charge in [0.2, 0.25) is 5.79 Å². The van der Waals surface area contributed by atoms with E-state index in [9.17, 15) is 0 Å². The molecule has 0 aromatic rings. The highest BCUT2D eigenvalue weighted by Crippen LogP contribution is 2.47. The van der Waals surface area contributed by atoms with E-state index in [0.717, 1.165) is 0 Å². The molecule has 0 radical (unpaired) electrons. The van der Waals surface area contributed by atoms with Crippen molar-refractivity contribution >= 4 is 46.4 Å². The molecule has 92 valence electrons. The molecule has 0 fully saturated rings. The number of allylic oxidation sites excluding steroid dienone is 1. The Morgan fingerprint density at radius 1 is 1.06 bits per heavy atom. The van der Waals surface area contributed by atoms with Crippen LogP contribution in [0.2, 0.25) is 0 Å². The lowest BCUT2D eigenvalue weighted by Gasteiger charge is -2.38. The first-order valence-electron chi connectivity index (χ1n) is 4.20. The minimum absolute atomic E-state index is 0.0976. The topological polar surface area (TPSA) is 27.7 Å². The lowest BCUT2D eigenvalue weighted by molar-refractivity contribution is -0.170. The molecule has 0 heterocycles. The second-order valence-electron chi connectivity index (χ2n) is 2.95. The van der Waals surface area contributed by atoms with Crippen molar-refractivity contribution in [2.45, 2.75) is 11.2 Å². The van der Waals surface area contributed by atoms with E-state index in [1.54, 1.807) is 0 Å². The molecule has 0 bridgehead atoms. The Balaban J connectivity index is 3.38. The molecule has 1 unspecified atom stereocenters. The van der Waals surface area contributed by atoms with Crippen LogP contribution < -0.4 is 0 Å². The molecule has 0 aromatic carbocycles. The van der Waals surface area contributed by atoms with Crippen LogP contribution in [0.25, 0.3) is 0 Å². The molecular formula is C9H10Cl4O3. The highest BCUT2D eigenvalue weighted by Gasteiger charge is 2.50. The lowest BCUT2D eigenvalue weighted by atomic mass is 10.0. The second-order valence-corrected chi connectivity index (χ2v) is 4.55. The van der Waals surface area contributed by atoms with E-state index in [4.69, 9.17) is 60.6 Å².